The van der Waals surface area contributed by atoms with Gasteiger partial charge in [-0.25, -0.2) is 4.98 Å². The minimum Gasteiger partial charge on any atom is -0.456 e. The van der Waals surface area contributed by atoms with E-state index in [9.17, 15) is 18.0 Å². The molecule has 1 fully saturated rings. The highest BCUT2D eigenvalue weighted by Crippen LogP contribution is 2.36. The van der Waals surface area contributed by atoms with E-state index in [0.717, 1.165) is 30.1 Å². The molecule has 1 aliphatic rings. The van der Waals surface area contributed by atoms with Gasteiger partial charge in [0.25, 0.3) is 5.91 Å². The minimum absolute atomic E-state index is 0.0667. The number of anilines is 1. The van der Waals surface area contributed by atoms with Gasteiger partial charge in [-0.3, -0.25) is 14.7 Å². The monoisotopic (exact) mass is 600 g/mol. The molecule has 44 heavy (non-hydrogen) atoms. The summed E-state index contributed by atoms with van der Waals surface area (Å²) < 4.78 is 50.3. The molecule has 0 unspecified atom stereocenters. The Labute approximate surface area is 252 Å². The van der Waals surface area contributed by atoms with E-state index in [1.807, 2.05) is 54.0 Å². The second-order valence-electron chi connectivity index (χ2n) is 10.9. The van der Waals surface area contributed by atoms with E-state index in [4.69, 9.17) is 9.72 Å². The van der Waals surface area contributed by atoms with Gasteiger partial charge in [-0.2, -0.15) is 13.2 Å². The first-order valence-electron chi connectivity index (χ1n) is 14.2. The lowest BCUT2D eigenvalue weighted by atomic mass is 10.0. The Morgan fingerprint density at radius 3 is 2.55 bits per heavy atom. The number of ether oxygens (including phenoxy) is 1. The van der Waals surface area contributed by atoms with Crippen LogP contribution in [-0.4, -0.2) is 63.5 Å². The third kappa shape index (κ3) is 6.43. The van der Waals surface area contributed by atoms with Crippen molar-refractivity contribution in [3.8, 4) is 22.8 Å². The summed E-state index contributed by atoms with van der Waals surface area (Å²) in [6, 6.07) is 17.9. The van der Waals surface area contributed by atoms with E-state index in [2.05, 4.69) is 15.2 Å². The summed E-state index contributed by atoms with van der Waals surface area (Å²) in [5.74, 6) is 0.383. The molecule has 4 heterocycles. The van der Waals surface area contributed by atoms with Crippen LogP contribution in [0.5, 0.6) is 11.5 Å². The SMILES string of the molecule is CN1CCN(Cc2ccc(NC(=O)c3cccc(Oc4cc(-c5cccnc5)nc5c4ccn5C)c3)cc2C(F)(F)F)CC1. The van der Waals surface area contributed by atoms with Crippen LogP contribution in [0.1, 0.15) is 21.5 Å². The van der Waals surface area contributed by atoms with Crippen molar-refractivity contribution in [2.45, 2.75) is 12.7 Å². The summed E-state index contributed by atoms with van der Waals surface area (Å²) in [6.07, 6.45) is 0.728. The lowest BCUT2D eigenvalue weighted by Crippen LogP contribution is -2.44. The highest BCUT2D eigenvalue weighted by atomic mass is 19.4. The third-order valence-corrected chi connectivity index (χ3v) is 7.74. The predicted octanol–water partition coefficient (Wildman–Crippen LogP) is 6.45. The van der Waals surface area contributed by atoms with Gasteiger partial charge in [-0.05, 0) is 61.1 Å². The number of amides is 1. The van der Waals surface area contributed by atoms with E-state index in [1.54, 1.807) is 36.7 Å². The zero-order chi connectivity index (χ0) is 30.8. The van der Waals surface area contributed by atoms with Crippen molar-refractivity contribution in [1.29, 1.82) is 0 Å². The fourth-order valence-electron chi connectivity index (χ4n) is 5.28. The van der Waals surface area contributed by atoms with Gasteiger partial charge >= 0.3 is 6.18 Å². The van der Waals surface area contributed by atoms with Crippen molar-refractivity contribution in [3.63, 3.8) is 0 Å². The fourth-order valence-corrected chi connectivity index (χ4v) is 5.28. The molecular formula is C33H31F3N6O2. The van der Waals surface area contributed by atoms with Crippen LogP contribution >= 0.6 is 0 Å². The molecule has 0 spiro atoms. The number of aromatic nitrogens is 3. The number of pyridine rings is 2. The van der Waals surface area contributed by atoms with Gasteiger partial charge in [-0.15, -0.1) is 0 Å². The number of nitrogens with zero attached hydrogens (tertiary/aromatic N) is 5. The van der Waals surface area contributed by atoms with Crippen LogP contribution in [0.3, 0.4) is 0 Å². The number of hydrogen-bond donors (Lipinski definition) is 1. The number of nitrogens with one attached hydrogen (secondary N) is 1. The van der Waals surface area contributed by atoms with Crippen molar-refractivity contribution in [2.24, 2.45) is 7.05 Å². The van der Waals surface area contributed by atoms with Crippen molar-refractivity contribution < 1.29 is 22.7 Å². The summed E-state index contributed by atoms with van der Waals surface area (Å²) in [7, 11) is 3.89. The molecule has 0 atom stereocenters. The molecular weight excluding hydrogens is 569 g/mol. The zero-order valence-corrected chi connectivity index (χ0v) is 24.3. The van der Waals surface area contributed by atoms with Gasteiger partial charge in [0.05, 0.1) is 16.6 Å². The van der Waals surface area contributed by atoms with E-state index in [1.165, 1.54) is 12.1 Å². The molecule has 11 heteroatoms. The van der Waals surface area contributed by atoms with E-state index >= 15 is 0 Å². The standard InChI is InChI=1S/C33H31F3N6O2/c1-40-13-15-42(16-14-40)21-24-8-9-25(18-28(24)33(34,35)36)38-32(43)22-5-3-7-26(17-22)44-30-19-29(23-6-4-11-37-20-23)39-31-27(30)10-12-41(31)2/h3-12,17-20H,13-16,21H2,1-2H3,(H,38,43). The molecule has 1 N–H and O–H groups in total. The number of halogens is 3. The number of rotatable bonds is 7. The maximum absolute atomic E-state index is 14.0. The smallest absolute Gasteiger partial charge is 0.416 e. The maximum atomic E-state index is 14.0. The molecule has 0 radical (unpaired) electrons. The molecule has 0 bridgehead atoms. The van der Waals surface area contributed by atoms with Crippen molar-refractivity contribution in [2.75, 3.05) is 38.5 Å². The van der Waals surface area contributed by atoms with Gasteiger partial charge in [-0.1, -0.05) is 12.1 Å². The van der Waals surface area contributed by atoms with E-state index in [0.29, 0.717) is 35.9 Å². The number of fused-ring (bicyclic) bond motifs is 1. The first kappa shape index (κ1) is 29.3. The largest absolute Gasteiger partial charge is 0.456 e. The number of likely N-dealkylation sites (N-methyl/N-ethyl adjacent to an activating group) is 1. The summed E-state index contributed by atoms with van der Waals surface area (Å²) >= 11 is 0. The fraction of sp³-hybridized carbons (Fsp3) is 0.242. The molecule has 8 nitrogen and oxygen atoms in total. The Morgan fingerprint density at radius 1 is 0.977 bits per heavy atom. The van der Waals surface area contributed by atoms with Crippen LogP contribution < -0.4 is 10.1 Å². The van der Waals surface area contributed by atoms with Crippen molar-refractivity contribution in [1.82, 2.24) is 24.3 Å². The van der Waals surface area contributed by atoms with Crippen LogP contribution in [0.25, 0.3) is 22.3 Å². The molecule has 3 aromatic heterocycles. The molecule has 1 amide bonds. The van der Waals surface area contributed by atoms with E-state index in [-0.39, 0.29) is 23.4 Å². The Morgan fingerprint density at radius 2 is 1.80 bits per heavy atom. The first-order valence-corrected chi connectivity index (χ1v) is 14.2. The molecule has 6 rings (SSSR count). The second kappa shape index (κ2) is 12.1. The molecule has 0 saturated carbocycles. The Bertz CT molecular complexity index is 1800. The maximum Gasteiger partial charge on any atom is 0.416 e. The summed E-state index contributed by atoms with van der Waals surface area (Å²) in [6.45, 7) is 3.21. The number of aryl methyl sites for hydroxylation is 1. The average molecular weight is 601 g/mol. The normalized spacial score (nSPS) is 14.6. The summed E-state index contributed by atoms with van der Waals surface area (Å²) in [5, 5.41) is 3.41. The lowest BCUT2D eigenvalue weighted by Gasteiger charge is -2.33. The van der Waals surface area contributed by atoms with Crippen molar-refractivity contribution >= 4 is 22.6 Å². The Balaban J connectivity index is 1.22. The second-order valence-corrected chi connectivity index (χ2v) is 10.9. The molecule has 5 aromatic rings. The van der Waals surface area contributed by atoms with Gasteiger partial charge in [0, 0.05) is 81.2 Å². The van der Waals surface area contributed by atoms with Crippen LogP contribution in [0.2, 0.25) is 0 Å². The summed E-state index contributed by atoms with van der Waals surface area (Å²) in [4.78, 5) is 26.3. The topological polar surface area (TPSA) is 75.5 Å². The summed E-state index contributed by atoms with van der Waals surface area (Å²) in [5.41, 5.74) is 1.95. The molecule has 1 saturated heterocycles. The first-order chi connectivity index (χ1) is 21.1. The average Bonchev–Trinajstić information content (AvgIpc) is 3.39. The number of carbonyl (C=O) groups excluding carboxylic acids is 1. The Kier molecular flexibility index (Phi) is 8.07. The molecule has 1 aliphatic heterocycles. The van der Waals surface area contributed by atoms with Crippen molar-refractivity contribution in [3.05, 3.63) is 102 Å². The van der Waals surface area contributed by atoms with Crippen LogP contribution in [-0.2, 0) is 19.8 Å². The van der Waals surface area contributed by atoms with Crippen LogP contribution in [0.15, 0.2) is 85.3 Å². The van der Waals surface area contributed by atoms with Gasteiger partial charge < -0.3 is 19.5 Å². The van der Waals surface area contributed by atoms with E-state index < -0.39 is 17.6 Å². The van der Waals surface area contributed by atoms with Crippen LogP contribution in [0.4, 0.5) is 18.9 Å². The number of carbonyl (C=O) groups is 1. The Hall–Kier alpha value is -4.74. The predicted molar refractivity (Wildman–Crippen MR) is 163 cm³/mol. The minimum atomic E-state index is -4.56. The molecule has 0 aliphatic carbocycles. The number of piperazine rings is 1. The highest BCUT2D eigenvalue weighted by molar-refractivity contribution is 6.04. The number of alkyl halides is 3. The lowest BCUT2D eigenvalue weighted by molar-refractivity contribution is -0.138. The van der Waals surface area contributed by atoms with Crippen LogP contribution in [0, 0.1) is 0 Å². The quantitative estimate of drug-likeness (QED) is 0.232. The molecule has 2 aromatic carbocycles. The van der Waals surface area contributed by atoms with Gasteiger partial charge in [0.1, 0.15) is 17.1 Å². The molecule has 226 valence electrons. The number of benzene rings is 2. The highest BCUT2D eigenvalue weighted by Gasteiger charge is 2.34. The zero-order valence-electron chi connectivity index (χ0n) is 24.3. The number of hydrogen-bond acceptors (Lipinski definition) is 6. The third-order valence-electron chi connectivity index (χ3n) is 7.74. The van der Waals surface area contributed by atoms with Gasteiger partial charge in [0.2, 0.25) is 0 Å². The van der Waals surface area contributed by atoms with Gasteiger partial charge in [0.15, 0.2) is 0 Å².